The van der Waals surface area contributed by atoms with E-state index in [4.69, 9.17) is 9.15 Å². The van der Waals surface area contributed by atoms with Crippen molar-refractivity contribution in [3.05, 3.63) is 58.0 Å². The molecule has 0 saturated heterocycles. The first-order chi connectivity index (χ1) is 10.5. The van der Waals surface area contributed by atoms with Crippen LogP contribution in [0.5, 0.6) is 0 Å². The maximum Gasteiger partial charge on any atom is 0.374 e. The highest BCUT2D eigenvalue weighted by Gasteiger charge is 2.14. The molecule has 0 atom stereocenters. The summed E-state index contributed by atoms with van der Waals surface area (Å²) in [4.78, 5) is 23.0. The SMILES string of the molecule is O=C(COC(=O)c1ccc(Br)o1)NCc1ccc(F)cc1F. The number of benzene rings is 1. The molecule has 0 aliphatic heterocycles. The minimum atomic E-state index is -0.797. The fraction of sp³-hybridized carbons (Fsp3) is 0.143. The Labute approximate surface area is 132 Å². The number of rotatable bonds is 5. The number of carbonyl (C=O) groups excluding carboxylic acids is 2. The minimum Gasteiger partial charge on any atom is -0.450 e. The molecule has 116 valence electrons. The first kappa shape index (κ1) is 16.2. The molecule has 0 aliphatic rings. The van der Waals surface area contributed by atoms with Crippen molar-refractivity contribution in [3.63, 3.8) is 0 Å². The van der Waals surface area contributed by atoms with Crippen molar-refractivity contribution in [1.82, 2.24) is 5.32 Å². The Balaban J connectivity index is 1.79. The molecule has 0 radical (unpaired) electrons. The molecule has 0 fully saturated rings. The molecule has 1 aromatic carbocycles. The lowest BCUT2D eigenvalue weighted by atomic mass is 10.2. The van der Waals surface area contributed by atoms with Gasteiger partial charge in [-0.25, -0.2) is 13.6 Å². The van der Waals surface area contributed by atoms with Crippen molar-refractivity contribution in [1.29, 1.82) is 0 Å². The molecular weight excluding hydrogens is 364 g/mol. The van der Waals surface area contributed by atoms with Crippen molar-refractivity contribution in [3.8, 4) is 0 Å². The molecule has 2 aromatic rings. The van der Waals surface area contributed by atoms with E-state index < -0.39 is 30.1 Å². The number of ether oxygens (including phenoxy) is 1. The second-order valence-corrected chi connectivity index (χ2v) is 4.97. The first-order valence-corrected chi connectivity index (χ1v) is 6.88. The van der Waals surface area contributed by atoms with Crippen LogP contribution in [0.4, 0.5) is 8.78 Å². The Hall–Kier alpha value is -2.22. The van der Waals surface area contributed by atoms with Crippen LogP contribution in [0.1, 0.15) is 16.1 Å². The van der Waals surface area contributed by atoms with Crippen LogP contribution in [0.3, 0.4) is 0 Å². The van der Waals surface area contributed by atoms with Crippen LogP contribution in [0.2, 0.25) is 0 Å². The minimum absolute atomic E-state index is 0.0516. The molecule has 1 N–H and O–H groups in total. The smallest absolute Gasteiger partial charge is 0.374 e. The molecule has 0 spiro atoms. The van der Waals surface area contributed by atoms with Gasteiger partial charge in [0, 0.05) is 18.2 Å². The number of hydrogen-bond donors (Lipinski definition) is 1. The molecule has 2 rings (SSSR count). The third-order valence-corrected chi connectivity index (χ3v) is 3.03. The van der Waals surface area contributed by atoms with Gasteiger partial charge in [0.25, 0.3) is 5.91 Å². The summed E-state index contributed by atoms with van der Waals surface area (Å²) in [7, 11) is 0. The highest BCUT2D eigenvalue weighted by Crippen LogP contribution is 2.14. The molecular formula is C14H10BrF2NO4. The quantitative estimate of drug-likeness (QED) is 0.818. The van der Waals surface area contributed by atoms with Gasteiger partial charge in [-0.05, 0) is 34.1 Å². The van der Waals surface area contributed by atoms with Crippen LogP contribution in [0.25, 0.3) is 0 Å². The van der Waals surface area contributed by atoms with Crippen molar-refractivity contribution in [2.24, 2.45) is 0 Å². The summed E-state index contributed by atoms with van der Waals surface area (Å²) in [5.74, 6) is -2.94. The Kier molecular flexibility index (Phi) is 5.26. The van der Waals surface area contributed by atoms with Gasteiger partial charge in [0.2, 0.25) is 5.76 Å². The predicted octanol–water partition coefficient (Wildman–Crippen LogP) is 2.79. The van der Waals surface area contributed by atoms with Gasteiger partial charge in [0.05, 0.1) is 0 Å². The summed E-state index contributed by atoms with van der Waals surface area (Å²) < 4.78 is 36.1. The van der Waals surface area contributed by atoms with Crippen LogP contribution >= 0.6 is 15.9 Å². The third kappa shape index (κ3) is 4.39. The van der Waals surface area contributed by atoms with Crippen LogP contribution in [-0.2, 0) is 16.1 Å². The Bertz CT molecular complexity index is 702. The van der Waals surface area contributed by atoms with Crippen LogP contribution < -0.4 is 5.32 Å². The molecule has 0 unspecified atom stereocenters. The van der Waals surface area contributed by atoms with Gasteiger partial charge >= 0.3 is 5.97 Å². The normalized spacial score (nSPS) is 10.3. The molecule has 0 aliphatic carbocycles. The van der Waals surface area contributed by atoms with E-state index >= 15 is 0 Å². The molecule has 0 saturated carbocycles. The van der Waals surface area contributed by atoms with Gasteiger partial charge in [-0.15, -0.1) is 0 Å². The topological polar surface area (TPSA) is 68.5 Å². The summed E-state index contributed by atoms with van der Waals surface area (Å²) in [6, 6.07) is 5.92. The molecule has 5 nitrogen and oxygen atoms in total. The lowest BCUT2D eigenvalue weighted by molar-refractivity contribution is -0.124. The van der Waals surface area contributed by atoms with Gasteiger partial charge in [0.15, 0.2) is 11.3 Å². The summed E-state index contributed by atoms with van der Waals surface area (Å²) in [6.07, 6.45) is 0. The monoisotopic (exact) mass is 373 g/mol. The van der Waals surface area contributed by atoms with Gasteiger partial charge in [-0.2, -0.15) is 0 Å². The molecule has 8 heteroatoms. The number of halogens is 3. The van der Waals surface area contributed by atoms with E-state index in [0.29, 0.717) is 4.67 Å². The van der Waals surface area contributed by atoms with Crippen LogP contribution in [0.15, 0.2) is 39.4 Å². The van der Waals surface area contributed by atoms with E-state index in [1.807, 2.05) is 0 Å². The maximum atomic E-state index is 13.3. The van der Waals surface area contributed by atoms with Crippen molar-refractivity contribution >= 4 is 27.8 Å². The predicted molar refractivity (Wildman–Crippen MR) is 74.9 cm³/mol. The number of nitrogens with one attached hydrogen (secondary N) is 1. The lowest BCUT2D eigenvalue weighted by Crippen LogP contribution is -2.28. The molecule has 1 amide bonds. The van der Waals surface area contributed by atoms with E-state index in [1.165, 1.54) is 18.2 Å². The third-order valence-electron chi connectivity index (χ3n) is 2.60. The van der Waals surface area contributed by atoms with E-state index in [-0.39, 0.29) is 17.9 Å². The summed E-state index contributed by atoms with van der Waals surface area (Å²) in [5.41, 5.74) is 0.121. The average Bonchev–Trinajstić information content (AvgIpc) is 2.90. The average molecular weight is 374 g/mol. The number of amides is 1. The largest absolute Gasteiger partial charge is 0.450 e. The molecule has 0 bridgehead atoms. The second kappa shape index (κ2) is 7.17. The maximum absolute atomic E-state index is 13.3. The zero-order valence-corrected chi connectivity index (χ0v) is 12.7. The summed E-state index contributed by atoms with van der Waals surface area (Å²) in [5, 5.41) is 2.35. The summed E-state index contributed by atoms with van der Waals surface area (Å²) in [6.45, 7) is -0.686. The molecule has 22 heavy (non-hydrogen) atoms. The molecule has 1 aromatic heterocycles. The van der Waals surface area contributed by atoms with Gasteiger partial charge in [-0.3, -0.25) is 4.79 Å². The summed E-state index contributed by atoms with van der Waals surface area (Å²) >= 11 is 3.03. The van der Waals surface area contributed by atoms with Crippen LogP contribution in [0, 0.1) is 11.6 Å². The van der Waals surface area contributed by atoms with Crippen molar-refractivity contribution in [2.75, 3.05) is 6.61 Å². The number of hydrogen-bond acceptors (Lipinski definition) is 4. The first-order valence-electron chi connectivity index (χ1n) is 6.09. The van der Waals surface area contributed by atoms with E-state index in [0.717, 1.165) is 12.1 Å². The van der Waals surface area contributed by atoms with Crippen molar-refractivity contribution in [2.45, 2.75) is 6.54 Å². The Morgan fingerprint density at radius 1 is 1.23 bits per heavy atom. The Morgan fingerprint density at radius 2 is 2.00 bits per heavy atom. The van der Waals surface area contributed by atoms with Gasteiger partial charge in [0.1, 0.15) is 11.6 Å². The van der Waals surface area contributed by atoms with Crippen LogP contribution in [-0.4, -0.2) is 18.5 Å². The number of esters is 1. The number of furan rings is 1. The fourth-order valence-electron chi connectivity index (χ4n) is 1.54. The van der Waals surface area contributed by atoms with Gasteiger partial charge < -0.3 is 14.5 Å². The van der Waals surface area contributed by atoms with E-state index in [1.54, 1.807) is 0 Å². The number of carbonyl (C=O) groups is 2. The zero-order chi connectivity index (χ0) is 16.1. The zero-order valence-electron chi connectivity index (χ0n) is 11.1. The lowest BCUT2D eigenvalue weighted by Gasteiger charge is -2.06. The Morgan fingerprint density at radius 3 is 2.64 bits per heavy atom. The van der Waals surface area contributed by atoms with Crippen molar-refractivity contribution < 1.29 is 27.5 Å². The van der Waals surface area contributed by atoms with E-state index in [9.17, 15) is 18.4 Å². The highest BCUT2D eigenvalue weighted by atomic mass is 79.9. The standard InChI is InChI=1S/C14H10BrF2NO4/c15-12-4-3-11(22-12)14(20)21-7-13(19)18-6-8-1-2-9(16)5-10(8)17/h1-5H,6-7H2,(H,18,19). The fourth-order valence-corrected chi connectivity index (χ4v) is 1.84. The second-order valence-electron chi connectivity index (χ2n) is 4.19. The van der Waals surface area contributed by atoms with E-state index in [2.05, 4.69) is 21.2 Å². The van der Waals surface area contributed by atoms with Gasteiger partial charge in [-0.1, -0.05) is 6.07 Å². The highest BCUT2D eigenvalue weighted by molar-refractivity contribution is 9.10. The molecule has 1 heterocycles.